The number of thiophene rings is 2. The molecule has 8 aromatic carbocycles. The van der Waals surface area contributed by atoms with Crippen molar-refractivity contribution in [3.63, 3.8) is 0 Å². The van der Waals surface area contributed by atoms with Crippen LogP contribution in [0.1, 0.15) is 11.1 Å². The average Bonchev–Trinajstić information content (AvgIpc) is 3.94. The highest BCUT2D eigenvalue weighted by molar-refractivity contribution is 7.08. The summed E-state index contributed by atoms with van der Waals surface area (Å²) in [5, 5.41) is 21.4. The Morgan fingerprint density at radius 3 is 1.11 bits per heavy atom. The number of rotatable bonds is 4. The minimum atomic E-state index is 0.898. The molecule has 0 atom stereocenters. The van der Waals surface area contributed by atoms with Crippen LogP contribution in [0.4, 0.5) is 0 Å². The van der Waals surface area contributed by atoms with Crippen LogP contribution in [0.5, 0.6) is 0 Å². The number of para-hydroxylation sites is 1. The van der Waals surface area contributed by atoms with E-state index in [-0.39, 0.29) is 0 Å². The number of furan rings is 1. The van der Waals surface area contributed by atoms with Crippen LogP contribution in [0.3, 0.4) is 0 Å². The normalized spacial score (nSPS) is 12.0. The molecule has 0 saturated carbocycles. The summed E-state index contributed by atoms with van der Waals surface area (Å²) in [5.74, 6) is 0. The van der Waals surface area contributed by atoms with Gasteiger partial charge in [0.05, 0.1) is 0 Å². The quantitative estimate of drug-likeness (QED) is 0.166. The first-order valence-corrected chi connectivity index (χ1v) is 19.9. The first kappa shape index (κ1) is 30.6. The second-order valence-corrected chi connectivity index (χ2v) is 15.6. The number of hydrogen-bond donors (Lipinski definition) is 0. The van der Waals surface area contributed by atoms with Crippen LogP contribution in [0, 0.1) is 13.8 Å². The van der Waals surface area contributed by atoms with Crippen molar-refractivity contribution >= 4 is 87.7 Å². The number of fused-ring (bicyclic) bond motifs is 7. The van der Waals surface area contributed by atoms with Crippen LogP contribution in [0.15, 0.2) is 159 Å². The molecule has 0 amide bonds. The maximum Gasteiger partial charge on any atom is 0.143 e. The SMILES string of the molecule is Cc1cscc1-c1c2ccccc2c(-c2cccc3c2oc2cccc(-c4c5ccccc5c(-c5cscc5C)c5ccccc45)c23)c2ccccc12. The molecule has 0 N–H and O–H groups in total. The minimum Gasteiger partial charge on any atom is -0.455 e. The summed E-state index contributed by atoms with van der Waals surface area (Å²) in [6.45, 7) is 4.45. The Balaban J connectivity index is 1.25. The Morgan fingerprint density at radius 2 is 0.698 bits per heavy atom. The van der Waals surface area contributed by atoms with Crippen LogP contribution in [0.2, 0.25) is 0 Å². The molecule has 0 aliphatic carbocycles. The molecular formula is C50H32OS2. The molecule has 250 valence electrons. The summed E-state index contributed by atoms with van der Waals surface area (Å²) in [7, 11) is 0. The van der Waals surface area contributed by atoms with Gasteiger partial charge in [-0.2, -0.15) is 22.7 Å². The predicted molar refractivity (Wildman–Crippen MR) is 231 cm³/mol. The molecular weight excluding hydrogens is 681 g/mol. The molecule has 1 nitrogen and oxygen atoms in total. The molecule has 0 fully saturated rings. The number of aryl methyl sites for hydroxylation is 2. The fourth-order valence-electron chi connectivity index (χ4n) is 8.90. The minimum absolute atomic E-state index is 0.898. The summed E-state index contributed by atoms with van der Waals surface area (Å²) in [4.78, 5) is 0. The molecule has 11 rings (SSSR count). The van der Waals surface area contributed by atoms with Crippen molar-refractivity contribution < 1.29 is 4.42 Å². The first-order chi connectivity index (χ1) is 26.2. The van der Waals surface area contributed by atoms with Crippen molar-refractivity contribution in [2.24, 2.45) is 0 Å². The Hall–Kier alpha value is -6.00. The molecule has 3 aromatic heterocycles. The maximum atomic E-state index is 7.05. The van der Waals surface area contributed by atoms with Crippen molar-refractivity contribution in [3.05, 3.63) is 166 Å². The second kappa shape index (κ2) is 11.8. The monoisotopic (exact) mass is 712 g/mol. The lowest BCUT2D eigenvalue weighted by Gasteiger charge is -2.18. The van der Waals surface area contributed by atoms with E-state index in [9.17, 15) is 0 Å². The third kappa shape index (κ3) is 4.42. The molecule has 11 aromatic rings. The molecule has 53 heavy (non-hydrogen) atoms. The van der Waals surface area contributed by atoms with Crippen LogP contribution in [-0.4, -0.2) is 0 Å². The van der Waals surface area contributed by atoms with E-state index in [1.54, 1.807) is 22.7 Å². The third-order valence-corrected chi connectivity index (χ3v) is 12.9. The van der Waals surface area contributed by atoms with E-state index >= 15 is 0 Å². The van der Waals surface area contributed by atoms with Gasteiger partial charge in [-0.1, -0.05) is 127 Å². The fourth-order valence-corrected chi connectivity index (χ4v) is 10.6. The van der Waals surface area contributed by atoms with Gasteiger partial charge in [0.15, 0.2) is 0 Å². The van der Waals surface area contributed by atoms with Crippen molar-refractivity contribution in [1.82, 2.24) is 0 Å². The lowest BCUT2D eigenvalue weighted by molar-refractivity contribution is 0.670. The van der Waals surface area contributed by atoms with E-state index in [0.29, 0.717) is 0 Å². The molecule has 0 unspecified atom stereocenters. The van der Waals surface area contributed by atoms with Gasteiger partial charge in [0.25, 0.3) is 0 Å². The average molecular weight is 713 g/mol. The number of benzene rings is 8. The van der Waals surface area contributed by atoms with Gasteiger partial charge in [-0.15, -0.1) is 0 Å². The van der Waals surface area contributed by atoms with Gasteiger partial charge >= 0.3 is 0 Å². The van der Waals surface area contributed by atoms with Gasteiger partial charge < -0.3 is 4.42 Å². The van der Waals surface area contributed by atoms with Crippen molar-refractivity contribution in [1.29, 1.82) is 0 Å². The molecule has 0 bridgehead atoms. The van der Waals surface area contributed by atoms with E-state index in [1.165, 1.54) is 93.2 Å². The topological polar surface area (TPSA) is 13.1 Å². The molecule has 0 aliphatic heterocycles. The zero-order chi connectivity index (χ0) is 35.2. The second-order valence-electron chi connectivity index (χ2n) is 14.1. The molecule has 0 radical (unpaired) electrons. The lowest BCUT2D eigenvalue weighted by Crippen LogP contribution is -1.91. The largest absolute Gasteiger partial charge is 0.455 e. The Morgan fingerprint density at radius 1 is 0.340 bits per heavy atom. The van der Waals surface area contributed by atoms with E-state index in [1.807, 2.05) is 0 Å². The highest BCUT2D eigenvalue weighted by Crippen LogP contribution is 2.50. The Labute approximate surface area is 315 Å². The van der Waals surface area contributed by atoms with Crippen molar-refractivity contribution in [2.75, 3.05) is 0 Å². The van der Waals surface area contributed by atoms with Crippen LogP contribution >= 0.6 is 22.7 Å². The summed E-state index contributed by atoms with van der Waals surface area (Å²) in [6.07, 6.45) is 0. The molecule has 3 heteroatoms. The predicted octanol–water partition coefficient (Wildman–Crippen LogP) is 15.6. The first-order valence-electron chi connectivity index (χ1n) is 18.1. The molecule has 0 spiro atoms. The van der Waals surface area contributed by atoms with Gasteiger partial charge in [0, 0.05) is 21.9 Å². The van der Waals surface area contributed by atoms with Gasteiger partial charge in [-0.05, 0) is 129 Å². The van der Waals surface area contributed by atoms with Crippen LogP contribution in [0.25, 0.3) is 110 Å². The Bertz CT molecular complexity index is 3150. The summed E-state index contributed by atoms with van der Waals surface area (Å²) >= 11 is 3.54. The summed E-state index contributed by atoms with van der Waals surface area (Å²) < 4.78 is 7.05. The van der Waals surface area contributed by atoms with Crippen LogP contribution in [-0.2, 0) is 0 Å². The zero-order valence-electron chi connectivity index (χ0n) is 29.2. The Kier molecular flexibility index (Phi) is 6.79. The van der Waals surface area contributed by atoms with Crippen molar-refractivity contribution in [3.8, 4) is 44.5 Å². The van der Waals surface area contributed by atoms with Gasteiger partial charge in [0.1, 0.15) is 11.2 Å². The fraction of sp³-hybridized carbons (Fsp3) is 0.0400. The maximum absolute atomic E-state index is 7.05. The highest BCUT2D eigenvalue weighted by atomic mass is 32.1. The molecule has 3 heterocycles. The van der Waals surface area contributed by atoms with Gasteiger partial charge in [-0.25, -0.2) is 0 Å². The zero-order valence-corrected chi connectivity index (χ0v) is 30.9. The molecule has 0 aliphatic rings. The summed E-state index contributed by atoms with van der Waals surface area (Å²) in [5.41, 5.74) is 14.4. The van der Waals surface area contributed by atoms with E-state index < -0.39 is 0 Å². The van der Waals surface area contributed by atoms with E-state index in [0.717, 1.165) is 27.5 Å². The molecule has 0 saturated heterocycles. The van der Waals surface area contributed by atoms with Crippen molar-refractivity contribution in [2.45, 2.75) is 13.8 Å². The van der Waals surface area contributed by atoms with Gasteiger partial charge in [-0.3, -0.25) is 0 Å². The lowest BCUT2D eigenvalue weighted by atomic mass is 9.84. The van der Waals surface area contributed by atoms with E-state index in [2.05, 4.69) is 169 Å². The van der Waals surface area contributed by atoms with Crippen LogP contribution < -0.4 is 0 Å². The third-order valence-electron chi connectivity index (χ3n) is 11.2. The van der Waals surface area contributed by atoms with E-state index in [4.69, 9.17) is 4.42 Å². The standard InChI is InChI=1S/C50H32OS2/c1-29-25-52-27-42(29)47-35-17-7-3-13-31(35)45(32-14-4-8-18-36(32)47)39-21-12-24-44-49(39)41-23-11-22-40(50(41)51-44)46-33-15-5-9-19-37(33)48(43-28-53-26-30(43)2)38-20-10-6-16-34(38)46/h3-28H,1-2H3. The smallest absolute Gasteiger partial charge is 0.143 e. The highest BCUT2D eigenvalue weighted by Gasteiger charge is 2.24. The number of hydrogen-bond acceptors (Lipinski definition) is 3. The summed E-state index contributed by atoms with van der Waals surface area (Å²) in [6, 6.07) is 48.9. The van der Waals surface area contributed by atoms with Gasteiger partial charge in [0.2, 0.25) is 0 Å².